The molecule has 110 valence electrons. The van der Waals surface area contributed by atoms with E-state index < -0.39 is 0 Å². The standard InChI is InChI=1S/C14H19Cl2N3O/c15-11-7-12(16)13(18-8-11)9-19-4-1-2-10(3-5-19)6-14(17)20/h7-8,10H,1-6,9H2,(H2,17,20). The van der Waals surface area contributed by atoms with Crippen LogP contribution in [0.4, 0.5) is 0 Å². The smallest absolute Gasteiger partial charge is 0.217 e. The largest absolute Gasteiger partial charge is 0.370 e. The summed E-state index contributed by atoms with van der Waals surface area (Å²) in [6, 6.07) is 1.72. The fraction of sp³-hybridized carbons (Fsp3) is 0.571. The SMILES string of the molecule is NC(=O)CC1CCCN(Cc2ncc(Cl)cc2Cl)CC1. The van der Waals surface area contributed by atoms with Gasteiger partial charge in [-0.1, -0.05) is 23.2 Å². The van der Waals surface area contributed by atoms with E-state index in [1.54, 1.807) is 12.3 Å². The number of halogens is 2. The van der Waals surface area contributed by atoms with Crippen LogP contribution >= 0.6 is 23.2 Å². The van der Waals surface area contributed by atoms with Crippen LogP contribution < -0.4 is 5.73 Å². The summed E-state index contributed by atoms with van der Waals surface area (Å²) in [5, 5.41) is 1.16. The van der Waals surface area contributed by atoms with Gasteiger partial charge >= 0.3 is 0 Å². The summed E-state index contributed by atoms with van der Waals surface area (Å²) in [5.74, 6) is 0.206. The second kappa shape index (κ2) is 7.25. The average Bonchev–Trinajstić information content (AvgIpc) is 2.58. The molecule has 1 unspecified atom stereocenters. The first-order valence-electron chi connectivity index (χ1n) is 6.85. The number of hydrogen-bond acceptors (Lipinski definition) is 3. The van der Waals surface area contributed by atoms with E-state index in [4.69, 9.17) is 28.9 Å². The van der Waals surface area contributed by atoms with Crippen LogP contribution in [0.3, 0.4) is 0 Å². The normalized spacial score (nSPS) is 20.6. The molecule has 1 fully saturated rings. The van der Waals surface area contributed by atoms with Gasteiger partial charge in [0.25, 0.3) is 0 Å². The highest BCUT2D eigenvalue weighted by atomic mass is 35.5. The van der Waals surface area contributed by atoms with Crippen molar-refractivity contribution in [2.45, 2.75) is 32.2 Å². The van der Waals surface area contributed by atoms with Crippen molar-refractivity contribution >= 4 is 29.1 Å². The van der Waals surface area contributed by atoms with Crippen LogP contribution in [0.25, 0.3) is 0 Å². The van der Waals surface area contributed by atoms with Gasteiger partial charge in [-0.05, 0) is 44.3 Å². The predicted octanol–water partition coefficient (Wildman–Crippen LogP) is 2.87. The van der Waals surface area contributed by atoms with Crippen LogP contribution in [-0.2, 0) is 11.3 Å². The van der Waals surface area contributed by atoms with E-state index in [2.05, 4.69) is 9.88 Å². The van der Waals surface area contributed by atoms with Gasteiger partial charge in [0.2, 0.25) is 5.91 Å². The third-order valence-electron chi connectivity index (χ3n) is 3.69. The Bertz CT molecular complexity index is 481. The minimum atomic E-state index is -0.203. The van der Waals surface area contributed by atoms with Crippen molar-refractivity contribution in [1.29, 1.82) is 0 Å². The highest BCUT2D eigenvalue weighted by Gasteiger charge is 2.19. The van der Waals surface area contributed by atoms with Crippen LogP contribution in [0, 0.1) is 5.92 Å². The van der Waals surface area contributed by atoms with Gasteiger partial charge in [-0.2, -0.15) is 0 Å². The van der Waals surface area contributed by atoms with Crippen LogP contribution in [0.2, 0.25) is 10.0 Å². The summed E-state index contributed by atoms with van der Waals surface area (Å²) in [6.45, 7) is 2.66. The average molecular weight is 316 g/mol. The number of hydrogen-bond donors (Lipinski definition) is 1. The van der Waals surface area contributed by atoms with Gasteiger partial charge < -0.3 is 5.73 Å². The highest BCUT2D eigenvalue weighted by Crippen LogP contribution is 2.24. The molecule has 1 amide bonds. The third-order valence-corrected chi connectivity index (χ3v) is 4.22. The van der Waals surface area contributed by atoms with Crippen molar-refractivity contribution in [3.8, 4) is 0 Å². The minimum Gasteiger partial charge on any atom is -0.370 e. The Labute approximate surface area is 129 Å². The van der Waals surface area contributed by atoms with Gasteiger partial charge in [0, 0.05) is 19.2 Å². The molecular formula is C14H19Cl2N3O. The molecule has 0 spiro atoms. The van der Waals surface area contributed by atoms with E-state index in [-0.39, 0.29) is 5.91 Å². The van der Waals surface area contributed by atoms with Crippen LogP contribution in [0.5, 0.6) is 0 Å². The molecule has 1 atom stereocenters. The van der Waals surface area contributed by atoms with Gasteiger partial charge in [0.05, 0.1) is 15.7 Å². The second-order valence-electron chi connectivity index (χ2n) is 5.33. The monoisotopic (exact) mass is 315 g/mol. The van der Waals surface area contributed by atoms with E-state index in [1.807, 2.05) is 0 Å². The van der Waals surface area contributed by atoms with E-state index in [0.29, 0.717) is 22.4 Å². The Morgan fingerprint density at radius 1 is 1.40 bits per heavy atom. The zero-order valence-electron chi connectivity index (χ0n) is 11.3. The molecule has 0 saturated carbocycles. The van der Waals surface area contributed by atoms with Crippen LogP contribution in [0.1, 0.15) is 31.4 Å². The summed E-state index contributed by atoms with van der Waals surface area (Å²) >= 11 is 12.0. The maximum atomic E-state index is 11.0. The fourth-order valence-corrected chi connectivity index (χ4v) is 3.08. The summed E-state index contributed by atoms with van der Waals surface area (Å²) < 4.78 is 0. The number of carbonyl (C=O) groups excluding carboxylic acids is 1. The number of carbonyl (C=O) groups is 1. The summed E-state index contributed by atoms with van der Waals surface area (Å²) in [7, 11) is 0. The molecule has 1 aromatic rings. The highest BCUT2D eigenvalue weighted by molar-refractivity contribution is 6.34. The lowest BCUT2D eigenvalue weighted by atomic mass is 9.97. The molecule has 4 nitrogen and oxygen atoms in total. The molecule has 0 aliphatic carbocycles. The molecule has 1 aliphatic heterocycles. The number of pyridine rings is 1. The number of nitrogens with two attached hydrogens (primary N) is 1. The number of nitrogens with zero attached hydrogens (tertiary/aromatic N) is 2. The Hall–Kier alpha value is -0.840. The number of amides is 1. The maximum absolute atomic E-state index is 11.0. The number of primary amides is 1. The van der Waals surface area contributed by atoms with Crippen molar-refractivity contribution in [2.24, 2.45) is 11.7 Å². The zero-order valence-corrected chi connectivity index (χ0v) is 12.8. The molecule has 0 bridgehead atoms. The van der Waals surface area contributed by atoms with E-state index in [0.717, 1.165) is 44.6 Å². The van der Waals surface area contributed by atoms with Crippen molar-refractivity contribution < 1.29 is 4.79 Å². The lowest BCUT2D eigenvalue weighted by Crippen LogP contribution is -2.25. The lowest BCUT2D eigenvalue weighted by Gasteiger charge is -2.20. The van der Waals surface area contributed by atoms with Gasteiger partial charge in [0.15, 0.2) is 0 Å². The Kier molecular flexibility index (Phi) is 5.64. The molecule has 1 aromatic heterocycles. The van der Waals surface area contributed by atoms with Crippen LogP contribution in [0.15, 0.2) is 12.3 Å². The molecular weight excluding hydrogens is 297 g/mol. The predicted molar refractivity (Wildman–Crippen MR) is 80.7 cm³/mol. The summed E-state index contributed by atoms with van der Waals surface area (Å²) in [4.78, 5) is 17.6. The third kappa shape index (κ3) is 4.62. The van der Waals surface area contributed by atoms with E-state index >= 15 is 0 Å². The molecule has 2 rings (SSSR count). The molecule has 20 heavy (non-hydrogen) atoms. The zero-order chi connectivity index (χ0) is 14.5. The Balaban J connectivity index is 1.92. The Morgan fingerprint density at radius 3 is 2.90 bits per heavy atom. The van der Waals surface area contributed by atoms with Gasteiger partial charge in [-0.25, -0.2) is 0 Å². The molecule has 0 radical (unpaired) electrons. The minimum absolute atomic E-state index is 0.203. The molecule has 1 aliphatic rings. The number of aromatic nitrogens is 1. The van der Waals surface area contributed by atoms with E-state index in [9.17, 15) is 4.79 Å². The summed E-state index contributed by atoms with van der Waals surface area (Å²) in [6.07, 6.45) is 5.24. The molecule has 2 heterocycles. The Morgan fingerprint density at radius 2 is 2.20 bits per heavy atom. The second-order valence-corrected chi connectivity index (χ2v) is 6.17. The molecule has 2 N–H and O–H groups in total. The number of likely N-dealkylation sites (tertiary alicyclic amines) is 1. The number of rotatable bonds is 4. The van der Waals surface area contributed by atoms with Crippen molar-refractivity contribution in [3.05, 3.63) is 28.0 Å². The topological polar surface area (TPSA) is 59.2 Å². The first kappa shape index (κ1) is 15.5. The molecule has 0 aromatic carbocycles. The van der Waals surface area contributed by atoms with E-state index in [1.165, 1.54) is 0 Å². The van der Waals surface area contributed by atoms with Crippen molar-refractivity contribution in [2.75, 3.05) is 13.1 Å². The lowest BCUT2D eigenvalue weighted by molar-refractivity contribution is -0.119. The van der Waals surface area contributed by atoms with Gasteiger partial charge in [-0.15, -0.1) is 0 Å². The molecule has 6 heteroatoms. The maximum Gasteiger partial charge on any atom is 0.217 e. The quantitative estimate of drug-likeness (QED) is 0.929. The van der Waals surface area contributed by atoms with Gasteiger partial charge in [-0.3, -0.25) is 14.7 Å². The summed E-state index contributed by atoms with van der Waals surface area (Å²) in [5.41, 5.74) is 6.13. The van der Waals surface area contributed by atoms with Crippen molar-refractivity contribution in [3.63, 3.8) is 0 Å². The van der Waals surface area contributed by atoms with Crippen LogP contribution in [-0.4, -0.2) is 28.9 Å². The molecule has 1 saturated heterocycles. The first-order valence-corrected chi connectivity index (χ1v) is 7.61. The van der Waals surface area contributed by atoms with Crippen molar-refractivity contribution in [1.82, 2.24) is 9.88 Å². The first-order chi connectivity index (χ1) is 9.54. The fourth-order valence-electron chi connectivity index (χ4n) is 2.64. The van der Waals surface area contributed by atoms with Gasteiger partial charge in [0.1, 0.15) is 0 Å².